The Morgan fingerprint density at radius 3 is 2.71 bits per heavy atom. The topological polar surface area (TPSA) is 86.3 Å². The van der Waals surface area contributed by atoms with E-state index in [2.05, 4.69) is 25.2 Å². The normalized spacial score (nSPS) is 22.9. The Labute approximate surface area is 202 Å². The first kappa shape index (κ1) is 24.6. The lowest BCUT2D eigenvalue weighted by Crippen LogP contribution is -2.51. The van der Waals surface area contributed by atoms with Crippen LogP contribution in [0.15, 0.2) is 24.0 Å². The Morgan fingerprint density at radius 1 is 1.32 bits per heavy atom. The van der Waals surface area contributed by atoms with E-state index < -0.39 is 11.6 Å². The van der Waals surface area contributed by atoms with Crippen molar-refractivity contribution >= 4 is 11.5 Å². The number of fused-ring (bicyclic) bond motifs is 2. The molecule has 2 N–H and O–H groups in total. The van der Waals surface area contributed by atoms with E-state index in [1.54, 1.807) is 20.1 Å². The van der Waals surface area contributed by atoms with Gasteiger partial charge in [-0.25, -0.2) is 4.79 Å². The lowest BCUT2D eigenvalue weighted by atomic mass is 9.77. The number of allylic oxidation sites excluding steroid dienone is 3. The third-order valence-corrected chi connectivity index (χ3v) is 7.07. The summed E-state index contributed by atoms with van der Waals surface area (Å²) in [6.07, 6.45) is 6.67. The molecular formula is C27H37NO6. The molecular weight excluding hydrogens is 434 g/mol. The highest BCUT2D eigenvalue weighted by Gasteiger charge is 2.46. The van der Waals surface area contributed by atoms with Crippen molar-refractivity contribution in [3.05, 3.63) is 35.1 Å². The molecule has 3 heterocycles. The van der Waals surface area contributed by atoms with Crippen LogP contribution in [-0.2, 0) is 16.0 Å². The summed E-state index contributed by atoms with van der Waals surface area (Å²) < 4.78 is 23.4. The van der Waals surface area contributed by atoms with Crippen molar-refractivity contribution in [2.24, 2.45) is 11.8 Å². The second-order valence-corrected chi connectivity index (χ2v) is 9.94. The quantitative estimate of drug-likeness (QED) is 0.581. The summed E-state index contributed by atoms with van der Waals surface area (Å²) in [5.74, 6) is 2.04. The largest absolute Gasteiger partial charge is 0.496 e. The zero-order valence-electron chi connectivity index (χ0n) is 20.9. The second-order valence-electron chi connectivity index (χ2n) is 9.94. The van der Waals surface area contributed by atoms with E-state index in [1.165, 1.54) is 0 Å². The molecule has 0 aromatic heterocycles. The predicted octanol–water partition coefficient (Wildman–Crippen LogP) is 4.02. The fourth-order valence-corrected chi connectivity index (χ4v) is 5.09. The standard InChI is InChI=1S/C27H37NO6/c1-6-32-26(29)22-13-17(8-7-16(2)3)24-21(33-22)15-20-19(25(24)31-5)14-23(34-20)27(4,30)18-9-11-28-12-10-18/h8,13,15-16,18,23,28,30H,6-7,9-12,14H2,1-5H3/t23-,27+/m0/s1. The number of aliphatic hydroxyl groups is 1. The number of methoxy groups -OCH3 is 1. The molecule has 186 valence electrons. The monoisotopic (exact) mass is 471 g/mol. The highest BCUT2D eigenvalue weighted by Crippen LogP contribution is 2.51. The molecule has 4 rings (SSSR count). The number of hydrogen-bond acceptors (Lipinski definition) is 7. The van der Waals surface area contributed by atoms with E-state index in [9.17, 15) is 9.90 Å². The van der Waals surface area contributed by atoms with Gasteiger partial charge in [-0.15, -0.1) is 0 Å². The molecule has 0 aliphatic carbocycles. The highest BCUT2D eigenvalue weighted by molar-refractivity contribution is 5.95. The van der Waals surface area contributed by atoms with E-state index in [0.29, 0.717) is 29.6 Å². The van der Waals surface area contributed by atoms with E-state index in [0.717, 1.165) is 49.1 Å². The summed E-state index contributed by atoms with van der Waals surface area (Å²) in [7, 11) is 1.64. The zero-order valence-corrected chi connectivity index (χ0v) is 20.9. The van der Waals surface area contributed by atoms with Crippen LogP contribution in [0.2, 0.25) is 0 Å². The molecule has 1 fully saturated rings. The number of rotatable bonds is 7. The highest BCUT2D eigenvalue weighted by atomic mass is 16.6. The van der Waals surface area contributed by atoms with Gasteiger partial charge in [0.05, 0.1) is 19.3 Å². The molecule has 1 aromatic rings. The van der Waals surface area contributed by atoms with Crippen LogP contribution in [0.5, 0.6) is 17.2 Å². The van der Waals surface area contributed by atoms with Crippen molar-refractivity contribution in [2.45, 2.75) is 65.1 Å². The van der Waals surface area contributed by atoms with Crippen LogP contribution in [0.25, 0.3) is 5.57 Å². The molecule has 1 saturated heterocycles. The molecule has 0 unspecified atom stereocenters. The molecule has 3 aliphatic rings. The number of piperidine rings is 1. The molecule has 0 radical (unpaired) electrons. The van der Waals surface area contributed by atoms with Gasteiger partial charge in [-0.3, -0.25) is 0 Å². The van der Waals surface area contributed by atoms with E-state index in [1.807, 2.05) is 13.0 Å². The minimum absolute atomic E-state index is 0.141. The van der Waals surface area contributed by atoms with Crippen LogP contribution in [-0.4, -0.2) is 49.6 Å². The van der Waals surface area contributed by atoms with Crippen molar-refractivity contribution in [3.63, 3.8) is 0 Å². The fourth-order valence-electron chi connectivity index (χ4n) is 5.09. The minimum Gasteiger partial charge on any atom is -0.496 e. The van der Waals surface area contributed by atoms with Gasteiger partial charge in [-0.2, -0.15) is 0 Å². The van der Waals surface area contributed by atoms with Gasteiger partial charge in [-0.05, 0) is 69.7 Å². The molecule has 1 aromatic carbocycles. The van der Waals surface area contributed by atoms with Crippen LogP contribution in [0.1, 0.15) is 58.1 Å². The van der Waals surface area contributed by atoms with Gasteiger partial charge >= 0.3 is 5.97 Å². The summed E-state index contributed by atoms with van der Waals surface area (Å²) in [5.41, 5.74) is 1.62. The van der Waals surface area contributed by atoms with Gasteiger partial charge in [-0.1, -0.05) is 19.9 Å². The Morgan fingerprint density at radius 2 is 2.06 bits per heavy atom. The summed E-state index contributed by atoms with van der Waals surface area (Å²) in [6, 6.07) is 1.82. The number of esters is 1. The van der Waals surface area contributed by atoms with Gasteiger partial charge in [0.2, 0.25) is 5.76 Å². The summed E-state index contributed by atoms with van der Waals surface area (Å²) in [6.45, 7) is 10.0. The van der Waals surface area contributed by atoms with Crippen LogP contribution in [0.4, 0.5) is 0 Å². The average Bonchev–Trinajstić information content (AvgIpc) is 3.26. The molecule has 0 saturated carbocycles. The third-order valence-electron chi connectivity index (χ3n) is 7.07. The minimum atomic E-state index is -0.974. The Balaban J connectivity index is 1.72. The van der Waals surface area contributed by atoms with Crippen molar-refractivity contribution in [1.29, 1.82) is 0 Å². The summed E-state index contributed by atoms with van der Waals surface area (Å²) in [4.78, 5) is 12.5. The number of carbonyl (C=O) groups excluding carboxylic acids is 1. The zero-order chi connectivity index (χ0) is 24.5. The molecule has 34 heavy (non-hydrogen) atoms. The SMILES string of the molecule is CCOC(=O)C1=CC(=CCC(C)C)c2c(cc3c(c2OC)C[C@@H]([C@](C)(O)C2CCNCC2)O3)O1. The van der Waals surface area contributed by atoms with Crippen molar-refractivity contribution in [2.75, 3.05) is 26.8 Å². The van der Waals surface area contributed by atoms with E-state index >= 15 is 0 Å². The Kier molecular flexibility index (Phi) is 7.24. The van der Waals surface area contributed by atoms with Crippen LogP contribution < -0.4 is 19.5 Å². The maximum Gasteiger partial charge on any atom is 0.374 e. The van der Waals surface area contributed by atoms with Crippen molar-refractivity contribution in [3.8, 4) is 17.2 Å². The lowest BCUT2D eigenvalue weighted by molar-refractivity contribution is -0.141. The lowest BCUT2D eigenvalue weighted by Gasteiger charge is -2.39. The van der Waals surface area contributed by atoms with E-state index in [4.69, 9.17) is 18.9 Å². The molecule has 0 amide bonds. The first-order valence-corrected chi connectivity index (χ1v) is 12.4. The number of carbonyl (C=O) groups is 1. The number of benzene rings is 1. The van der Waals surface area contributed by atoms with Crippen molar-refractivity contribution in [1.82, 2.24) is 5.32 Å². The number of ether oxygens (including phenoxy) is 4. The third kappa shape index (κ3) is 4.68. The van der Waals surface area contributed by atoms with E-state index in [-0.39, 0.29) is 24.4 Å². The van der Waals surface area contributed by atoms with Gasteiger partial charge < -0.3 is 29.4 Å². The smallest absolute Gasteiger partial charge is 0.374 e. The van der Waals surface area contributed by atoms with Crippen molar-refractivity contribution < 1.29 is 28.8 Å². The van der Waals surface area contributed by atoms with Gasteiger partial charge in [0.1, 0.15) is 29.0 Å². The molecule has 3 aliphatic heterocycles. The number of nitrogens with one attached hydrogen (secondary N) is 1. The van der Waals surface area contributed by atoms with Crippen LogP contribution in [0.3, 0.4) is 0 Å². The molecule has 2 atom stereocenters. The maximum atomic E-state index is 12.5. The molecule has 7 nitrogen and oxygen atoms in total. The van der Waals surface area contributed by atoms with Crippen LogP contribution in [0, 0.1) is 11.8 Å². The maximum absolute atomic E-state index is 12.5. The first-order chi connectivity index (χ1) is 16.3. The number of hydrogen-bond donors (Lipinski definition) is 2. The van der Waals surface area contributed by atoms with Crippen LogP contribution >= 0.6 is 0 Å². The molecule has 0 bridgehead atoms. The first-order valence-electron chi connectivity index (χ1n) is 12.4. The van der Waals surface area contributed by atoms with Gasteiger partial charge in [0.25, 0.3) is 0 Å². The average molecular weight is 472 g/mol. The molecule has 7 heteroatoms. The fraction of sp³-hybridized carbons (Fsp3) is 0.593. The predicted molar refractivity (Wildman–Crippen MR) is 130 cm³/mol. The second kappa shape index (κ2) is 10.0. The Hall–Kier alpha value is -2.51. The Bertz CT molecular complexity index is 987. The van der Waals surface area contributed by atoms with Gasteiger partial charge in [0.15, 0.2) is 0 Å². The van der Waals surface area contributed by atoms with Gasteiger partial charge in [0, 0.05) is 18.1 Å². The summed E-state index contributed by atoms with van der Waals surface area (Å²) in [5, 5.41) is 14.9. The summed E-state index contributed by atoms with van der Waals surface area (Å²) >= 11 is 0. The molecule has 0 spiro atoms.